The Kier molecular flexibility index (Phi) is 5.33. The first-order valence-electron chi connectivity index (χ1n) is 4.55. The molecule has 3 nitrogen and oxygen atoms in total. The zero-order valence-electron chi connectivity index (χ0n) is 8.62. The zero-order chi connectivity index (χ0) is 9.14. The predicted octanol–water partition coefficient (Wildman–Crippen LogP) is 0.981. The smallest absolute Gasteiger partial charge is 0.236 e. The first-order valence-corrected chi connectivity index (χ1v) is 4.55. The van der Waals surface area contributed by atoms with Crippen molar-refractivity contribution < 1.29 is 4.79 Å². The molecule has 1 unspecified atom stereocenters. The van der Waals surface area contributed by atoms with Gasteiger partial charge in [-0.25, -0.2) is 0 Å². The summed E-state index contributed by atoms with van der Waals surface area (Å²) in [5.74, 6) is 0.212. The molecule has 1 aliphatic heterocycles. The molecule has 0 radical (unpaired) electrons. The second-order valence-electron chi connectivity index (χ2n) is 3.75. The summed E-state index contributed by atoms with van der Waals surface area (Å²) >= 11 is 0. The van der Waals surface area contributed by atoms with Gasteiger partial charge in [0.25, 0.3) is 0 Å². The van der Waals surface area contributed by atoms with Crippen molar-refractivity contribution in [2.24, 2.45) is 0 Å². The van der Waals surface area contributed by atoms with Crippen LogP contribution in [0.2, 0.25) is 0 Å². The second kappa shape index (κ2) is 5.45. The van der Waals surface area contributed by atoms with E-state index in [-0.39, 0.29) is 18.3 Å². The van der Waals surface area contributed by atoms with Crippen LogP contribution in [-0.4, -0.2) is 48.9 Å². The molecule has 0 aliphatic carbocycles. The summed E-state index contributed by atoms with van der Waals surface area (Å²) in [5.41, 5.74) is 0. The fourth-order valence-electron chi connectivity index (χ4n) is 1.54. The number of amides is 1. The van der Waals surface area contributed by atoms with Crippen LogP contribution in [0.5, 0.6) is 0 Å². The van der Waals surface area contributed by atoms with E-state index in [0.29, 0.717) is 12.6 Å². The minimum atomic E-state index is 0. The summed E-state index contributed by atoms with van der Waals surface area (Å²) in [7, 11) is 3.62. The van der Waals surface area contributed by atoms with Crippen molar-refractivity contribution in [3.63, 3.8) is 0 Å². The van der Waals surface area contributed by atoms with Crippen molar-refractivity contribution in [3.05, 3.63) is 0 Å². The topological polar surface area (TPSA) is 23.6 Å². The summed E-state index contributed by atoms with van der Waals surface area (Å²) in [6, 6.07) is 0.592. The molecule has 4 heteroatoms. The third-order valence-corrected chi connectivity index (χ3v) is 2.53. The molecule has 0 saturated carbocycles. The quantitative estimate of drug-likeness (QED) is 0.673. The Hall–Kier alpha value is -0.280. The molecule has 1 amide bonds. The van der Waals surface area contributed by atoms with Crippen molar-refractivity contribution >= 4 is 18.3 Å². The number of rotatable bonds is 2. The highest BCUT2D eigenvalue weighted by Crippen LogP contribution is 2.15. The minimum Gasteiger partial charge on any atom is -0.348 e. The molecular formula is C9H19ClN2O. The Morgan fingerprint density at radius 3 is 2.54 bits per heavy atom. The molecule has 0 spiro atoms. The Morgan fingerprint density at radius 2 is 2.15 bits per heavy atom. The van der Waals surface area contributed by atoms with Crippen LogP contribution in [0.3, 0.4) is 0 Å². The standard InChI is InChI=1S/C9H18N2O.ClH/c1-8-5-4-6-11(8)7-9(12)10(2)3;/h8H,4-7H2,1-3H3;1H. The molecule has 0 aromatic heterocycles. The van der Waals surface area contributed by atoms with Gasteiger partial charge in [-0.2, -0.15) is 0 Å². The van der Waals surface area contributed by atoms with Gasteiger partial charge < -0.3 is 4.90 Å². The van der Waals surface area contributed by atoms with Gasteiger partial charge >= 0.3 is 0 Å². The Balaban J connectivity index is 0.00000144. The molecule has 1 aliphatic rings. The van der Waals surface area contributed by atoms with Gasteiger partial charge in [0.05, 0.1) is 6.54 Å². The largest absolute Gasteiger partial charge is 0.348 e. The second-order valence-corrected chi connectivity index (χ2v) is 3.75. The number of hydrogen-bond donors (Lipinski definition) is 0. The molecule has 0 aromatic rings. The average molecular weight is 207 g/mol. The van der Waals surface area contributed by atoms with E-state index in [2.05, 4.69) is 11.8 Å². The van der Waals surface area contributed by atoms with E-state index >= 15 is 0 Å². The monoisotopic (exact) mass is 206 g/mol. The van der Waals surface area contributed by atoms with E-state index < -0.39 is 0 Å². The predicted molar refractivity (Wildman–Crippen MR) is 56.2 cm³/mol. The maximum Gasteiger partial charge on any atom is 0.236 e. The number of hydrogen-bond acceptors (Lipinski definition) is 2. The van der Waals surface area contributed by atoms with Gasteiger partial charge in [-0.15, -0.1) is 12.4 Å². The van der Waals surface area contributed by atoms with Crippen LogP contribution in [0, 0.1) is 0 Å². The van der Waals surface area contributed by atoms with Crippen molar-refractivity contribution in [2.45, 2.75) is 25.8 Å². The molecule has 0 aromatic carbocycles. The lowest BCUT2D eigenvalue weighted by molar-refractivity contribution is -0.130. The normalized spacial score (nSPS) is 22.5. The minimum absolute atomic E-state index is 0. The first-order chi connectivity index (χ1) is 5.61. The lowest BCUT2D eigenvalue weighted by Crippen LogP contribution is -2.38. The van der Waals surface area contributed by atoms with Crippen molar-refractivity contribution in [2.75, 3.05) is 27.2 Å². The van der Waals surface area contributed by atoms with Crippen LogP contribution in [0.15, 0.2) is 0 Å². The van der Waals surface area contributed by atoms with Crippen molar-refractivity contribution in [3.8, 4) is 0 Å². The van der Waals surface area contributed by atoms with Gasteiger partial charge in [-0.05, 0) is 26.3 Å². The third kappa shape index (κ3) is 3.53. The summed E-state index contributed by atoms with van der Waals surface area (Å²) in [6.07, 6.45) is 2.47. The molecule has 0 N–H and O–H groups in total. The molecule has 1 fully saturated rings. The van der Waals surface area contributed by atoms with Crippen molar-refractivity contribution in [1.29, 1.82) is 0 Å². The van der Waals surface area contributed by atoms with Crippen LogP contribution in [0.25, 0.3) is 0 Å². The highest BCUT2D eigenvalue weighted by atomic mass is 35.5. The van der Waals surface area contributed by atoms with Gasteiger partial charge in [0.2, 0.25) is 5.91 Å². The SMILES string of the molecule is CC1CCCN1CC(=O)N(C)C.Cl. The van der Waals surface area contributed by atoms with Gasteiger partial charge in [-0.1, -0.05) is 0 Å². The summed E-state index contributed by atoms with van der Waals surface area (Å²) in [4.78, 5) is 15.2. The van der Waals surface area contributed by atoms with Gasteiger partial charge in [-0.3, -0.25) is 9.69 Å². The molecule has 1 heterocycles. The summed E-state index contributed by atoms with van der Waals surface area (Å²) < 4.78 is 0. The highest BCUT2D eigenvalue weighted by Gasteiger charge is 2.22. The molecular weight excluding hydrogens is 188 g/mol. The van der Waals surface area contributed by atoms with E-state index in [4.69, 9.17) is 0 Å². The van der Waals surface area contributed by atoms with Crippen molar-refractivity contribution in [1.82, 2.24) is 9.80 Å². The van der Waals surface area contributed by atoms with E-state index in [1.54, 1.807) is 4.90 Å². The van der Waals surface area contributed by atoms with Crippen LogP contribution in [0.4, 0.5) is 0 Å². The first kappa shape index (κ1) is 12.7. The van der Waals surface area contributed by atoms with Gasteiger partial charge in [0.15, 0.2) is 0 Å². The summed E-state index contributed by atoms with van der Waals surface area (Å²) in [6.45, 7) is 3.87. The number of carbonyl (C=O) groups is 1. The fraction of sp³-hybridized carbons (Fsp3) is 0.889. The number of nitrogens with zero attached hydrogens (tertiary/aromatic N) is 2. The molecule has 0 bridgehead atoms. The molecule has 1 saturated heterocycles. The molecule has 1 atom stereocenters. The summed E-state index contributed by atoms with van der Waals surface area (Å²) in [5, 5.41) is 0. The third-order valence-electron chi connectivity index (χ3n) is 2.53. The van der Waals surface area contributed by atoms with Gasteiger partial charge in [0.1, 0.15) is 0 Å². The Bertz CT molecular complexity index is 173. The number of likely N-dealkylation sites (N-methyl/N-ethyl adjacent to an activating group) is 1. The van der Waals surface area contributed by atoms with Gasteiger partial charge in [0, 0.05) is 20.1 Å². The van der Waals surface area contributed by atoms with Crippen LogP contribution in [0.1, 0.15) is 19.8 Å². The van der Waals surface area contributed by atoms with Crippen LogP contribution >= 0.6 is 12.4 Å². The van der Waals surface area contributed by atoms with E-state index in [1.165, 1.54) is 12.8 Å². The Morgan fingerprint density at radius 1 is 1.54 bits per heavy atom. The zero-order valence-corrected chi connectivity index (χ0v) is 9.43. The van der Waals surface area contributed by atoms with Crippen LogP contribution < -0.4 is 0 Å². The molecule has 78 valence electrons. The lowest BCUT2D eigenvalue weighted by atomic mass is 10.2. The lowest BCUT2D eigenvalue weighted by Gasteiger charge is -2.22. The van der Waals surface area contributed by atoms with E-state index in [9.17, 15) is 4.79 Å². The number of carbonyl (C=O) groups excluding carboxylic acids is 1. The van der Waals surface area contributed by atoms with E-state index in [1.807, 2.05) is 14.1 Å². The molecule has 1 rings (SSSR count). The average Bonchev–Trinajstić information content (AvgIpc) is 2.36. The number of halogens is 1. The highest BCUT2D eigenvalue weighted by molar-refractivity contribution is 5.85. The van der Waals surface area contributed by atoms with Crippen LogP contribution in [-0.2, 0) is 4.79 Å². The Labute approximate surface area is 86.5 Å². The molecule has 13 heavy (non-hydrogen) atoms. The number of likely N-dealkylation sites (tertiary alicyclic amines) is 1. The maximum absolute atomic E-state index is 11.3. The van der Waals surface area contributed by atoms with E-state index in [0.717, 1.165) is 6.54 Å². The maximum atomic E-state index is 11.3. The fourth-order valence-corrected chi connectivity index (χ4v) is 1.54.